The van der Waals surface area contributed by atoms with E-state index in [4.69, 9.17) is 11.5 Å². The quantitative estimate of drug-likeness (QED) is 0.110. The number of thiol groups is 1. The van der Waals surface area contributed by atoms with Gasteiger partial charge in [-0.25, -0.2) is 4.79 Å². The molecule has 3 rings (SSSR count). The maximum Gasteiger partial charge on any atom is 0.326 e. The highest BCUT2D eigenvalue weighted by Crippen LogP contribution is 2.19. The van der Waals surface area contributed by atoms with E-state index in [1.807, 2.05) is 24.3 Å². The van der Waals surface area contributed by atoms with Crippen molar-refractivity contribution in [3.63, 3.8) is 0 Å². The molecule has 2 aromatic carbocycles. The zero-order valence-electron chi connectivity index (χ0n) is 21.9. The number of benzene rings is 2. The Kier molecular flexibility index (Phi) is 10.7. The third-order valence-corrected chi connectivity index (χ3v) is 6.69. The number of aliphatic carboxylic acids is 1. The van der Waals surface area contributed by atoms with Gasteiger partial charge >= 0.3 is 5.97 Å². The average Bonchev–Trinajstić information content (AvgIpc) is 3.34. The highest BCUT2D eigenvalue weighted by molar-refractivity contribution is 7.80. The summed E-state index contributed by atoms with van der Waals surface area (Å²) in [6.45, 7) is 0. The van der Waals surface area contributed by atoms with Gasteiger partial charge in [0.15, 0.2) is 0 Å². The van der Waals surface area contributed by atoms with E-state index in [0.717, 1.165) is 10.9 Å². The number of nitrogens with two attached hydrogens (primary N) is 2. The molecule has 218 valence electrons. The van der Waals surface area contributed by atoms with Crippen molar-refractivity contribution in [2.45, 2.75) is 43.4 Å². The lowest BCUT2D eigenvalue weighted by atomic mass is 10.0. The second-order valence-corrected chi connectivity index (χ2v) is 9.78. The number of para-hydroxylation sites is 1. The average molecular weight is 585 g/mol. The summed E-state index contributed by atoms with van der Waals surface area (Å²) < 4.78 is 0. The number of amides is 4. The molecule has 0 bridgehead atoms. The number of aromatic amines is 1. The fraction of sp³-hybridized carbons (Fsp3) is 0.296. The first-order valence-corrected chi connectivity index (χ1v) is 13.2. The molecule has 0 spiro atoms. The molecule has 1 heterocycles. The SMILES string of the molecule is NC(=O)CC(NC(=O)C(Cc1ccc(O)cc1)NC(=O)C(Cc1c[nH]c2ccccc12)NC(=O)C(N)CS)C(=O)O. The van der Waals surface area contributed by atoms with Crippen LogP contribution in [0.1, 0.15) is 17.5 Å². The van der Waals surface area contributed by atoms with Crippen LogP contribution >= 0.6 is 12.6 Å². The number of rotatable bonds is 14. The van der Waals surface area contributed by atoms with Gasteiger partial charge in [-0.2, -0.15) is 12.6 Å². The van der Waals surface area contributed by atoms with Crippen molar-refractivity contribution in [1.82, 2.24) is 20.9 Å². The lowest BCUT2D eigenvalue weighted by Crippen LogP contribution is -2.58. The fourth-order valence-corrected chi connectivity index (χ4v) is 4.28. The molecule has 0 saturated carbocycles. The van der Waals surface area contributed by atoms with Crippen molar-refractivity contribution in [1.29, 1.82) is 0 Å². The zero-order chi connectivity index (χ0) is 30.1. The standard InChI is InChI=1S/C27H32N6O7S/c28-18(13-41)24(36)31-21(10-15-12-30-19-4-2-1-3-17(15)19)26(38)32-20(9-14-5-7-16(34)8-6-14)25(37)33-22(27(39)40)11-23(29)35/h1-8,12,18,20-22,30,34,41H,9-11,13,28H2,(H2,29,35)(H,31,36)(H,32,38)(H,33,37)(H,39,40). The number of H-pyrrole nitrogens is 1. The van der Waals surface area contributed by atoms with E-state index >= 15 is 0 Å². The van der Waals surface area contributed by atoms with Gasteiger partial charge < -0.3 is 42.6 Å². The van der Waals surface area contributed by atoms with Crippen molar-refractivity contribution in [2.24, 2.45) is 11.5 Å². The highest BCUT2D eigenvalue weighted by Gasteiger charge is 2.31. The number of phenols is 1. The molecule has 4 unspecified atom stereocenters. The van der Waals surface area contributed by atoms with Gasteiger partial charge in [-0.3, -0.25) is 19.2 Å². The number of aromatic nitrogens is 1. The molecule has 41 heavy (non-hydrogen) atoms. The van der Waals surface area contributed by atoms with Gasteiger partial charge in [0, 0.05) is 35.7 Å². The molecule has 4 atom stereocenters. The van der Waals surface area contributed by atoms with Gasteiger partial charge in [-0.05, 0) is 29.3 Å². The number of hydrogen-bond acceptors (Lipinski definition) is 8. The van der Waals surface area contributed by atoms with Crippen molar-refractivity contribution in [2.75, 3.05) is 5.75 Å². The highest BCUT2D eigenvalue weighted by atomic mass is 32.1. The van der Waals surface area contributed by atoms with Gasteiger partial charge in [0.05, 0.1) is 12.5 Å². The van der Waals surface area contributed by atoms with Crippen LogP contribution in [-0.4, -0.2) is 74.7 Å². The zero-order valence-corrected chi connectivity index (χ0v) is 22.8. The minimum atomic E-state index is -1.63. The molecule has 14 heteroatoms. The Morgan fingerprint density at radius 1 is 0.854 bits per heavy atom. The van der Waals surface area contributed by atoms with Crippen molar-refractivity contribution >= 4 is 53.1 Å². The molecule has 0 radical (unpaired) electrons. The number of hydrogen-bond donors (Lipinski definition) is 9. The molecule has 0 aliphatic heterocycles. The first kappa shape index (κ1) is 31.0. The summed E-state index contributed by atoms with van der Waals surface area (Å²) in [5, 5.41) is 27.3. The Balaban J connectivity index is 1.90. The third kappa shape index (κ3) is 8.71. The molecule has 0 aliphatic rings. The minimum Gasteiger partial charge on any atom is -0.508 e. The van der Waals surface area contributed by atoms with E-state index in [9.17, 15) is 34.2 Å². The van der Waals surface area contributed by atoms with Gasteiger partial charge in [-0.15, -0.1) is 0 Å². The molecule has 13 nitrogen and oxygen atoms in total. The predicted octanol–water partition coefficient (Wildman–Crippen LogP) is -0.670. The van der Waals surface area contributed by atoms with Crippen LogP contribution in [0.3, 0.4) is 0 Å². The summed E-state index contributed by atoms with van der Waals surface area (Å²) in [4.78, 5) is 65.5. The fourth-order valence-electron chi connectivity index (χ4n) is 4.11. The van der Waals surface area contributed by atoms with Crippen LogP contribution in [0.25, 0.3) is 10.9 Å². The number of aromatic hydroxyl groups is 1. The van der Waals surface area contributed by atoms with Crippen LogP contribution in [-0.2, 0) is 36.8 Å². The number of primary amides is 1. The monoisotopic (exact) mass is 584 g/mol. The molecule has 10 N–H and O–H groups in total. The van der Waals surface area contributed by atoms with E-state index in [1.54, 1.807) is 6.20 Å². The lowest BCUT2D eigenvalue weighted by Gasteiger charge is -2.25. The summed E-state index contributed by atoms with van der Waals surface area (Å²) in [6.07, 6.45) is 0.970. The maximum absolute atomic E-state index is 13.6. The largest absolute Gasteiger partial charge is 0.508 e. The van der Waals surface area contributed by atoms with E-state index < -0.39 is 60.2 Å². The lowest BCUT2D eigenvalue weighted by molar-refractivity contribution is -0.143. The van der Waals surface area contributed by atoms with Crippen molar-refractivity contribution in [3.05, 3.63) is 65.9 Å². The normalized spacial score (nSPS) is 13.9. The Hall–Kier alpha value is -4.56. The smallest absolute Gasteiger partial charge is 0.326 e. The van der Waals surface area contributed by atoms with E-state index in [2.05, 4.69) is 33.6 Å². The number of carboxylic acids is 1. The summed E-state index contributed by atoms with van der Waals surface area (Å²) in [6, 6.07) is 8.06. The first-order chi connectivity index (χ1) is 19.5. The summed E-state index contributed by atoms with van der Waals surface area (Å²) in [5.41, 5.74) is 13.0. The molecule has 4 amide bonds. The predicted molar refractivity (Wildman–Crippen MR) is 153 cm³/mol. The van der Waals surface area contributed by atoms with Crippen molar-refractivity contribution in [3.8, 4) is 5.75 Å². The van der Waals surface area contributed by atoms with Crippen LogP contribution in [0.5, 0.6) is 5.75 Å². The van der Waals surface area contributed by atoms with E-state index in [-0.39, 0.29) is 24.3 Å². The Morgan fingerprint density at radius 3 is 2.05 bits per heavy atom. The van der Waals surface area contributed by atoms with Crippen LogP contribution in [0.2, 0.25) is 0 Å². The molecular formula is C27H32N6O7S. The molecule has 0 aliphatic carbocycles. The number of carbonyl (C=O) groups is 5. The number of nitrogens with one attached hydrogen (secondary N) is 4. The summed E-state index contributed by atoms with van der Waals surface area (Å²) >= 11 is 4.04. The number of carbonyl (C=O) groups excluding carboxylic acids is 4. The van der Waals surface area contributed by atoms with E-state index in [1.165, 1.54) is 24.3 Å². The van der Waals surface area contributed by atoms with E-state index in [0.29, 0.717) is 11.1 Å². The number of phenolic OH excluding ortho intramolecular Hbond substituents is 1. The van der Waals surface area contributed by atoms with Crippen LogP contribution in [0.4, 0.5) is 0 Å². The van der Waals surface area contributed by atoms with Gasteiger partial charge in [0.1, 0.15) is 23.9 Å². The summed E-state index contributed by atoms with van der Waals surface area (Å²) in [5.74, 6) is -4.70. The molecule has 0 saturated heterocycles. The van der Waals surface area contributed by atoms with Crippen LogP contribution in [0.15, 0.2) is 54.7 Å². The van der Waals surface area contributed by atoms with Crippen molar-refractivity contribution < 1.29 is 34.2 Å². The second kappa shape index (κ2) is 14.2. The second-order valence-electron chi connectivity index (χ2n) is 9.42. The summed E-state index contributed by atoms with van der Waals surface area (Å²) in [7, 11) is 0. The Bertz CT molecular complexity index is 1410. The van der Waals surface area contributed by atoms with Gasteiger partial charge in [0.2, 0.25) is 23.6 Å². The van der Waals surface area contributed by atoms with Gasteiger partial charge in [-0.1, -0.05) is 30.3 Å². The molecular weight excluding hydrogens is 552 g/mol. The van der Waals surface area contributed by atoms with Crippen LogP contribution < -0.4 is 27.4 Å². The third-order valence-electron chi connectivity index (χ3n) is 6.29. The Morgan fingerprint density at radius 2 is 1.44 bits per heavy atom. The first-order valence-electron chi connectivity index (χ1n) is 12.6. The van der Waals surface area contributed by atoms with Crippen LogP contribution in [0, 0.1) is 0 Å². The van der Waals surface area contributed by atoms with Gasteiger partial charge in [0.25, 0.3) is 0 Å². The number of fused-ring (bicyclic) bond motifs is 1. The Labute approximate surface area is 240 Å². The molecule has 3 aromatic rings. The molecule has 1 aromatic heterocycles. The maximum atomic E-state index is 13.6. The topological polar surface area (TPSA) is 230 Å². The molecule has 0 fully saturated rings. The minimum absolute atomic E-state index is 0.0202. The number of carboxylic acid groups (broad SMARTS) is 1.